The minimum Gasteiger partial charge on any atom is -0.507 e. The number of aromatic hydroxyl groups is 1. The molecule has 0 bridgehead atoms. The highest BCUT2D eigenvalue weighted by Crippen LogP contribution is 2.19. The number of hydrogen-bond acceptors (Lipinski definition) is 4. The molecule has 0 radical (unpaired) electrons. The summed E-state index contributed by atoms with van der Waals surface area (Å²) < 4.78 is 0. The zero-order chi connectivity index (χ0) is 16.8. The first-order valence-corrected chi connectivity index (χ1v) is 6.76. The maximum Gasteiger partial charge on any atom is 0.340 e. The number of nitrogens with two attached hydrogens (primary N) is 1. The van der Waals surface area contributed by atoms with Crippen molar-refractivity contribution in [2.24, 2.45) is 10.8 Å². The standard InChI is InChI=1S/C16H16N4O3/c1-11(21)19-13-6-8-14(9-7-13)20(16(17)23)18-10-12-4-2-3-5-15(12)22/h2-10,22H,1H3,(H2,17,23)(H,19,21)/b18-10+. The Morgan fingerprint density at radius 3 is 2.39 bits per heavy atom. The smallest absolute Gasteiger partial charge is 0.340 e. The number of nitrogens with one attached hydrogen (secondary N) is 1. The number of nitrogens with zero attached hydrogens (tertiary/aromatic N) is 2. The van der Waals surface area contributed by atoms with E-state index in [2.05, 4.69) is 10.4 Å². The van der Waals surface area contributed by atoms with Crippen molar-refractivity contribution in [3.05, 3.63) is 54.1 Å². The van der Waals surface area contributed by atoms with Crippen molar-refractivity contribution >= 4 is 29.5 Å². The number of anilines is 2. The van der Waals surface area contributed by atoms with E-state index in [4.69, 9.17) is 5.73 Å². The molecule has 2 aromatic rings. The third-order valence-corrected chi connectivity index (χ3v) is 2.89. The molecule has 0 heterocycles. The van der Waals surface area contributed by atoms with E-state index in [1.807, 2.05) is 0 Å². The SMILES string of the molecule is CC(=O)Nc1ccc(N(/N=C/c2ccccc2O)C(N)=O)cc1. The highest BCUT2D eigenvalue weighted by Gasteiger charge is 2.11. The molecule has 0 fully saturated rings. The number of hydrazone groups is 1. The van der Waals surface area contributed by atoms with Gasteiger partial charge in [-0.1, -0.05) is 12.1 Å². The van der Waals surface area contributed by atoms with Crippen molar-refractivity contribution in [2.75, 3.05) is 10.3 Å². The van der Waals surface area contributed by atoms with Crippen molar-refractivity contribution in [1.82, 2.24) is 0 Å². The number of amides is 3. The highest BCUT2D eigenvalue weighted by atomic mass is 16.3. The first-order chi connectivity index (χ1) is 11.0. The molecular weight excluding hydrogens is 296 g/mol. The number of carbonyl (C=O) groups excluding carboxylic acids is 2. The van der Waals surface area contributed by atoms with Gasteiger partial charge in [0.25, 0.3) is 0 Å². The second-order valence-corrected chi connectivity index (χ2v) is 4.68. The maximum atomic E-state index is 11.6. The number of phenols is 1. The van der Waals surface area contributed by atoms with Gasteiger partial charge in [0.05, 0.1) is 11.9 Å². The van der Waals surface area contributed by atoms with E-state index in [-0.39, 0.29) is 11.7 Å². The quantitative estimate of drug-likeness (QED) is 0.595. The third kappa shape index (κ3) is 4.31. The second kappa shape index (κ2) is 7.08. The number of benzene rings is 2. The lowest BCUT2D eigenvalue weighted by Crippen LogP contribution is -2.31. The van der Waals surface area contributed by atoms with Gasteiger partial charge in [-0.05, 0) is 36.4 Å². The topological polar surface area (TPSA) is 108 Å². The lowest BCUT2D eigenvalue weighted by atomic mass is 10.2. The molecule has 0 saturated heterocycles. The largest absolute Gasteiger partial charge is 0.507 e. The summed E-state index contributed by atoms with van der Waals surface area (Å²) in [5.74, 6) is -0.149. The van der Waals surface area contributed by atoms with E-state index in [0.717, 1.165) is 5.01 Å². The summed E-state index contributed by atoms with van der Waals surface area (Å²) >= 11 is 0. The van der Waals surface area contributed by atoms with Crippen molar-refractivity contribution in [3.63, 3.8) is 0 Å². The van der Waals surface area contributed by atoms with Crippen LogP contribution in [0.1, 0.15) is 12.5 Å². The van der Waals surface area contributed by atoms with Crippen LogP contribution in [-0.4, -0.2) is 23.3 Å². The fourth-order valence-electron chi connectivity index (χ4n) is 1.86. The van der Waals surface area contributed by atoms with Gasteiger partial charge in [-0.25, -0.2) is 4.79 Å². The Morgan fingerprint density at radius 2 is 1.83 bits per heavy atom. The molecule has 0 aromatic heterocycles. The molecule has 2 aromatic carbocycles. The van der Waals surface area contributed by atoms with E-state index in [1.165, 1.54) is 19.2 Å². The van der Waals surface area contributed by atoms with Gasteiger partial charge in [0, 0.05) is 18.2 Å². The molecule has 2 rings (SSSR count). The van der Waals surface area contributed by atoms with Gasteiger partial charge >= 0.3 is 6.03 Å². The van der Waals surface area contributed by atoms with Crippen LogP contribution in [-0.2, 0) is 4.79 Å². The molecular formula is C16H16N4O3. The van der Waals surface area contributed by atoms with Crippen molar-refractivity contribution in [2.45, 2.75) is 6.92 Å². The zero-order valence-corrected chi connectivity index (χ0v) is 12.4. The van der Waals surface area contributed by atoms with Gasteiger partial charge in [0.2, 0.25) is 5.91 Å². The van der Waals surface area contributed by atoms with Crippen LogP contribution < -0.4 is 16.1 Å². The number of hydrogen-bond donors (Lipinski definition) is 3. The first kappa shape index (κ1) is 16.0. The van der Waals surface area contributed by atoms with E-state index in [0.29, 0.717) is 16.9 Å². The summed E-state index contributed by atoms with van der Waals surface area (Å²) in [5, 5.41) is 17.3. The van der Waals surface area contributed by atoms with Gasteiger partial charge < -0.3 is 16.2 Å². The predicted molar refractivity (Wildman–Crippen MR) is 88.5 cm³/mol. The van der Waals surface area contributed by atoms with Crippen LogP contribution in [0.3, 0.4) is 0 Å². The van der Waals surface area contributed by atoms with Crippen LogP contribution in [0.4, 0.5) is 16.2 Å². The summed E-state index contributed by atoms with van der Waals surface area (Å²) in [6.07, 6.45) is 1.34. The number of primary amides is 1. The third-order valence-electron chi connectivity index (χ3n) is 2.89. The van der Waals surface area contributed by atoms with Crippen LogP contribution in [0, 0.1) is 0 Å². The molecule has 4 N–H and O–H groups in total. The molecule has 118 valence electrons. The van der Waals surface area contributed by atoms with Gasteiger partial charge in [0.1, 0.15) is 5.75 Å². The van der Waals surface area contributed by atoms with E-state index >= 15 is 0 Å². The number of phenolic OH excluding ortho intramolecular Hbond substituents is 1. The molecule has 0 aliphatic heterocycles. The van der Waals surface area contributed by atoms with Crippen LogP contribution in [0.5, 0.6) is 5.75 Å². The summed E-state index contributed by atoms with van der Waals surface area (Å²) in [4.78, 5) is 22.6. The van der Waals surface area contributed by atoms with Crippen LogP contribution in [0.15, 0.2) is 53.6 Å². The molecule has 0 spiro atoms. The molecule has 0 aliphatic carbocycles. The second-order valence-electron chi connectivity index (χ2n) is 4.68. The normalized spacial score (nSPS) is 10.5. The molecule has 3 amide bonds. The minimum atomic E-state index is -0.774. The Hall–Kier alpha value is -3.35. The minimum absolute atomic E-state index is 0.0432. The van der Waals surface area contributed by atoms with Gasteiger partial charge in [-0.3, -0.25) is 4.79 Å². The molecule has 0 unspecified atom stereocenters. The Kier molecular flexibility index (Phi) is 4.93. The summed E-state index contributed by atoms with van der Waals surface area (Å²) in [5.41, 5.74) is 6.81. The van der Waals surface area contributed by atoms with Gasteiger partial charge in [-0.2, -0.15) is 10.1 Å². The Morgan fingerprint density at radius 1 is 1.17 bits per heavy atom. The maximum absolute atomic E-state index is 11.6. The molecule has 0 saturated carbocycles. The van der Waals surface area contributed by atoms with Crippen LogP contribution >= 0.6 is 0 Å². The predicted octanol–water partition coefficient (Wildman–Crippen LogP) is 2.27. The molecule has 0 aliphatic rings. The number of urea groups is 1. The van der Waals surface area contributed by atoms with E-state index < -0.39 is 6.03 Å². The van der Waals surface area contributed by atoms with Crippen molar-refractivity contribution in [3.8, 4) is 5.75 Å². The van der Waals surface area contributed by atoms with Crippen molar-refractivity contribution < 1.29 is 14.7 Å². The van der Waals surface area contributed by atoms with E-state index in [9.17, 15) is 14.7 Å². The summed E-state index contributed by atoms with van der Waals surface area (Å²) in [7, 11) is 0. The average Bonchev–Trinajstić information content (AvgIpc) is 2.50. The fraction of sp³-hybridized carbons (Fsp3) is 0.0625. The molecule has 7 heteroatoms. The number of carbonyl (C=O) groups is 2. The molecule has 23 heavy (non-hydrogen) atoms. The zero-order valence-electron chi connectivity index (χ0n) is 12.4. The molecule has 7 nitrogen and oxygen atoms in total. The highest BCUT2D eigenvalue weighted by molar-refractivity contribution is 5.94. The monoisotopic (exact) mass is 312 g/mol. The van der Waals surface area contributed by atoms with Crippen LogP contribution in [0.2, 0.25) is 0 Å². The summed E-state index contributed by atoms with van der Waals surface area (Å²) in [6.45, 7) is 1.40. The number of rotatable bonds is 4. The Labute approximate surface area is 133 Å². The lowest BCUT2D eigenvalue weighted by molar-refractivity contribution is -0.114. The molecule has 0 atom stereocenters. The first-order valence-electron chi connectivity index (χ1n) is 6.76. The summed E-state index contributed by atoms with van der Waals surface area (Å²) in [6, 6.07) is 12.2. The average molecular weight is 312 g/mol. The van der Waals surface area contributed by atoms with Gasteiger partial charge in [0.15, 0.2) is 0 Å². The number of para-hydroxylation sites is 1. The lowest BCUT2D eigenvalue weighted by Gasteiger charge is -2.15. The van der Waals surface area contributed by atoms with E-state index in [1.54, 1.807) is 42.5 Å². The Balaban J connectivity index is 2.23. The fourth-order valence-corrected chi connectivity index (χ4v) is 1.86. The van der Waals surface area contributed by atoms with Crippen molar-refractivity contribution in [1.29, 1.82) is 0 Å². The van der Waals surface area contributed by atoms with Gasteiger partial charge in [-0.15, -0.1) is 0 Å². The Bertz CT molecular complexity index is 741. The van der Waals surface area contributed by atoms with Crippen LogP contribution in [0.25, 0.3) is 0 Å².